The molecule has 0 N–H and O–H groups in total. The molecule has 0 aliphatic heterocycles. The molecule has 0 amide bonds. The third-order valence-corrected chi connectivity index (χ3v) is 4.10. The zero-order valence-electron chi connectivity index (χ0n) is 10.4. The fraction of sp³-hybridized carbons (Fsp3) is 0.200. The Hall–Kier alpha value is -0.700. The van der Waals surface area contributed by atoms with Gasteiger partial charge in [-0.3, -0.25) is 0 Å². The van der Waals surface area contributed by atoms with Gasteiger partial charge < -0.3 is 4.74 Å². The average Bonchev–Trinajstić information content (AvgIpc) is 2.39. The van der Waals surface area contributed by atoms with Crippen molar-refractivity contribution in [3.63, 3.8) is 0 Å². The van der Waals surface area contributed by atoms with Crippen molar-refractivity contribution in [3.05, 3.63) is 63.1 Å². The minimum atomic E-state index is -0.183. The number of hydrogen-bond acceptors (Lipinski definition) is 1. The van der Waals surface area contributed by atoms with Crippen LogP contribution in [-0.2, 0) is 6.42 Å². The molecule has 2 aromatic rings. The van der Waals surface area contributed by atoms with Gasteiger partial charge in [0.2, 0.25) is 0 Å². The monoisotopic (exact) mass is 358 g/mol. The number of ether oxygens (including phenoxy) is 1. The predicted molar refractivity (Wildman–Crippen MR) is 84.4 cm³/mol. The first-order valence-electron chi connectivity index (χ1n) is 5.82. The van der Waals surface area contributed by atoms with Crippen molar-refractivity contribution < 1.29 is 4.74 Å². The molecule has 2 aromatic carbocycles. The van der Waals surface area contributed by atoms with Gasteiger partial charge in [-0.25, -0.2) is 0 Å². The molecule has 1 nitrogen and oxygen atoms in total. The first kappa shape index (κ1) is 14.7. The lowest BCUT2D eigenvalue weighted by atomic mass is 10.0. The van der Waals surface area contributed by atoms with Gasteiger partial charge in [0.05, 0.1) is 12.5 Å². The van der Waals surface area contributed by atoms with Gasteiger partial charge in [-0.05, 0) is 35.7 Å². The predicted octanol–water partition coefficient (Wildman–Crippen LogP) is 5.63. The van der Waals surface area contributed by atoms with E-state index in [4.69, 9.17) is 27.9 Å². The van der Waals surface area contributed by atoms with Crippen LogP contribution in [0.25, 0.3) is 0 Å². The maximum Gasteiger partial charge on any atom is 0.122 e. The summed E-state index contributed by atoms with van der Waals surface area (Å²) >= 11 is 16.1. The Kier molecular flexibility index (Phi) is 5.14. The van der Waals surface area contributed by atoms with E-state index < -0.39 is 0 Å². The summed E-state index contributed by atoms with van der Waals surface area (Å²) in [7, 11) is 1.66. The lowest BCUT2D eigenvalue weighted by molar-refractivity contribution is 0.409. The smallest absolute Gasteiger partial charge is 0.122 e. The van der Waals surface area contributed by atoms with Gasteiger partial charge in [0.15, 0.2) is 0 Å². The van der Waals surface area contributed by atoms with Crippen LogP contribution in [0.2, 0.25) is 5.02 Å². The van der Waals surface area contributed by atoms with Gasteiger partial charge in [0.1, 0.15) is 5.75 Å². The van der Waals surface area contributed by atoms with Gasteiger partial charge >= 0.3 is 0 Å². The van der Waals surface area contributed by atoms with Crippen LogP contribution in [0.15, 0.2) is 46.9 Å². The quantitative estimate of drug-likeness (QED) is 0.642. The van der Waals surface area contributed by atoms with E-state index in [2.05, 4.69) is 15.9 Å². The molecule has 0 aromatic heterocycles. The van der Waals surface area contributed by atoms with Crippen molar-refractivity contribution in [3.8, 4) is 5.75 Å². The fourth-order valence-corrected chi connectivity index (χ4v) is 3.15. The molecule has 1 atom stereocenters. The first-order chi connectivity index (χ1) is 9.11. The van der Waals surface area contributed by atoms with E-state index in [1.165, 1.54) is 0 Å². The molecular weight excluding hydrogens is 347 g/mol. The summed E-state index contributed by atoms with van der Waals surface area (Å²) < 4.78 is 6.28. The second-order valence-corrected chi connectivity index (χ2v) is 6.00. The minimum Gasteiger partial charge on any atom is -0.496 e. The van der Waals surface area contributed by atoms with Gasteiger partial charge in [0.25, 0.3) is 0 Å². The van der Waals surface area contributed by atoms with E-state index >= 15 is 0 Å². The van der Waals surface area contributed by atoms with E-state index in [0.717, 1.165) is 21.3 Å². The molecule has 2 rings (SSSR count). The van der Waals surface area contributed by atoms with Crippen molar-refractivity contribution in [2.75, 3.05) is 7.11 Å². The van der Waals surface area contributed by atoms with Crippen LogP contribution in [0.4, 0.5) is 0 Å². The molecule has 100 valence electrons. The Morgan fingerprint density at radius 1 is 1.21 bits per heavy atom. The van der Waals surface area contributed by atoms with Crippen molar-refractivity contribution in [1.82, 2.24) is 0 Å². The lowest BCUT2D eigenvalue weighted by Crippen LogP contribution is -1.99. The summed E-state index contributed by atoms with van der Waals surface area (Å²) in [5.41, 5.74) is 2.00. The topological polar surface area (TPSA) is 9.23 Å². The number of alkyl halides is 1. The van der Waals surface area contributed by atoms with E-state index in [1.807, 2.05) is 42.5 Å². The summed E-state index contributed by atoms with van der Waals surface area (Å²) in [6, 6.07) is 13.6. The standard InChI is InChI=1S/C15H13BrCl2O/c1-19-15-5-3-2-4-10(15)8-13(17)12-7-6-11(16)9-14(12)18/h2-7,9,13H,8H2,1H3. The van der Waals surface area contributed by atoms with E-state index in [0.29, 0.717) is 11.4 Å². The molecule has 0 spiro atoms. The highest BCUT2D eigenvalue weighted by Crippen LogP contribution is 2.34. The second kappa shape index (κ2) is 6.65. The number of halogens is 3. The SMILES string of the molecule is COc1ccccc1CC(Cl)c1ccc(Br)cc1Cl. The van der Waals surface area contributed by atoms with Crippen LogP contribution in [0, 0.1) is 0 Å². The molecule has 4 heteroatoms. The van der Waals surface area contributed by atoms with E-state index in [9.17, 15) is 0 Å². The van der Waals surface area contributed by atoms with Crippen LogP contribution >= 0.6 is 39.1 Å². The number of rotatable bonds is 4. The van der Waals surface area contributed by atoms with Gasteiger partial charge in [0, 0.05) is 9.50 Å². The second-order valence-electron chi connectivity index (χ2n) is 4.15. The number of para-hydroxylation sites is 1. The van der Waals surface area contributed by atoms with Crippen LogP contribution in [-0.4, -0.2) is 7.11 Å². The Labute approximate surface area is 131 Å². The molecular formula is C15H13BrCl2O. The van der Waals surface area contributed by atoms with Crippen molar-refractivity contribution in [2.45, 2.75) is 11.8 Å². The molecule has 0 saturated carbocycles. The molecule has 0 radical (unpaired) electrons. The van der Waals surface area contributed by atoms with E-state index in [-0.39, 0.29) is 5.38 Å². The Morgan fingerprint density at radius 2 is 1.95 bits per heavy atom. The van der Waals surface area contributed by atoms with Gasteiger partial charge in [-0.2, -0.15) is 0 Å². The molecule has 0 bridgehead atoms. The largest absolute Gasteiger partial charge is 0.496 e. The number of benzene rings is 2. The number of hydrogen-bond donors (Lipinski definition) is 0. The highest BCUT2D eigenvalue weighted by Gasteiger charge is 2.15. The highest BCUT2D eigenvalue weighted by atomic mass is 79.9. The minimum absolute atomic E-state index is 0.183. The Balaban J connectivity index is 2.23. The van der Waals surface area contributed by atoms with Gasteiger partial charge in [-0.1, -0.05) is 51.8 Å². The van der Waals surface area contributed by atoms with Gasteiger partial charge in [-0.15, -0.1) is 11.6 Å². The Bertz CT molecular complexity index is 572. The fourth-order valence-electron chi connectivity index (χ4n) is 1.93. The summed E-state index contributed by atoms with van der Waals surface area (Å²) in [6.45, 7) is 0. The molecule has 0 fully saturated rings. The lowest BCUT2D eigenvalue weighted by Gasteiger charge is -2.14. The van der Waals surface area contributed by atoms with Crippen molar-refractivity contribution in [1.29, 1.82) is 0 Å². The zero-order chi connectivity index (χ0) is 13.8. The van der Waals surface area contributed by atoms with Crippen LogP contribution < -0.4 is 4.74 Å². The van der Waals surface area contributed by atoms with E-state index in [1.54, 1.807) is 7.11 Å². The molecule has 0 saturated heterocycles. The molecule has 19 heavy (non-hydrogen) atoms. The summed E-state index contributed by atoms with van der Waals surface area (Å²) in [5.74, 6) is 0.849. The zero-order valence-corrected chi connectivity index (χ0v) is 13.5. The maximum absolute atomic E-state index is 6.47. The third kappa shape index (κ3) is 3.65. The number of methoxy groups -OCH3 is 1. The van der Waals surface area contributed by atoms with Crippen LogP contribution in [0.3, 0.4) is 0 Å². The average molecular weight is 360 g/mol. The Morgan fingerprint density at radius 3 is 2.63 bits per heavy atom. The van der Waals surface area contributed by atoms with Crippen molar-refractivity contribution in [2.24, 2.45) is 0 Å². The van der Waals surface area contributed by atoms with Crippen LogP contribution in [0.5, 0.6) is 5.75 Å². The molecule has 1 unspecified atom stereocenters. The summed E-state index contributed by atoms with van der Waals surface area (Å²) in [6.07, 6.45) is 0.674. The first-order valence-corrected chi connectivity index (χ1v) is 7.43. The van der Waals surface area contributed by atoms with Crippen LogP contribution in [0.1, 0.15) is 16.5 Å². The molecule has 0 heterocycles. The highest BCUT2D eigenvalue weighted by molar-refractivity contribution is 9.10. The normalized spacial score (nSPS) is 12.2. The molecule has 0 aliphatic rings. The van der Waals surface area contributed by atoms with Crippen molar-refractivity contribution >= 4 is 39.1 Å². The maximum atomic E-state index is 6.47. The summed E-state index contributed by atoms with van der Waals surface area (Å²) in [4.78, 5) is 0. The summed E-state index contributed by atoms with van der Waals surface area (Å²) in [5, 5.41) is 0.487. The molecule has 0 aliphatic carbocycles. The third-order valence-electron chi connectivity index (χ3n) is 2.89.